The topological polar surface area (TPSA) is 68.3 Å². The summed E-state index contributed by atoms with van der Waals surface area (Å²) in [6, 6.07) is 3.60. The molecule has 78 valence electrons. The normalized spacial score (nSPS) is 10.4. The minimum atomic E-state index is -0.825. The molecule has 5 heteroatoms. The molecule has 0 aliphatic carbocycles. The van der Waals surface area contributed by atoms with Crippen LogP contribution >= 0.6 is 0 Å². The Morgan fingerprint density at radius 2 is 2.47 bits per heavy atom. The van der Waals surface area contributed by atoms with Crippen LogP contribution in [0.15, 0.2) is 35.3 Å². The van der Waals surface area contributed by atoms with E-state index in [1.165, 1.54) is 0 Å². The van der Waals surface area contributed by atoms with Crippen LogP contribution in [-0.4, -0.2) is 20.6 Å². The Hall–Kier alpha value is -2.04. The van der Waals surface area contributed by atoms with E-state index < -0.39 is 5.97 Å². The molecule has 0 aliphatic rings. The van der Waals surface area contributed by atoms with Crippen LogP contribution in [0.3, 0.4) is 0 Å². The van der Waals surface area contributed by atoms with Crippen LogP contribution < -0.4 is 0 Å². The number of hydrogen-bond donors (Lipinski definition) is 1. The Balaban J connectivity index is 2.19. The van der Waals surface area contributed by atoms with Crippen molar-refractivity contribution in [3.05, 3.63) is 30.9 Å². The van der Waals surface area contributed by atoms with Gasteiger partial charge in [-0.25, -0.2) is 4.98 Å². The maximum absolute atomic E-state index is 10.4. The summed E-state index contributed by atoms with van der Waals surface area (Å²) in [5.41, 5.74) is 0.793. The molecule has 1 N–H and O–H groups in total. The van der Waals surface area contributed by atoms with Gasteiger partial charge in [0.25, 0.3) is 0 Å². The number of carbonyl (C=O) groups is 1. The predicted molar refractivity (Wildman–Crippen MR) is 52.2 cm³/mol. The maximum atomic E-state index is 10.4. The van der Waals surface area contributed by atoms with Gasteiger partial charge < -0.3 is 14.1 Å². The largest absolute Gasteiger partial charge is 0.481 e. The van der Waals surface area contributed by atoms with Crippen LogP contribution in [0.4, 0.5) is 0 Å². The van der Waals surface area contributed by atoms with Gasteiger partial charge in [-0.1, -0.05) is 0 Å². The predicted octanol–water partition coefficient (Wildman–Crippen LogP) is 1.62. The number of hydrogen-bond acceptors (Lipinski definition) is 3. The molecule has 0 radical (unpaired) electrons. The molecule has 0 unspecified atom stereocenters. The number of aliphatic carboxylic acids is 1. The van der Waals surface area contributed by atoms with Crippen molar-refractivity contribution in [1.82, 2.24) is 9.55 Å². The number of carboxylic acid groups (broad SMARTS) is 1. The van der Waals surface area contributed by atoms with Gasteiger partial charge in [-0.15, -0.1) is 0 Å². The molecule has 0 aliphatic heterocycles. The van der Waals surface area contributed by atoms with E-state index in [1.807, 2.05) is 6.07 Å². The number of rotatable bonds is 4. The average Bonchev–Trinajstić information content (AvgIpc) is 2.85. The second kappa shape index (κ2) is 4.00. The summed E-state index contributed by atoms with van der Waals surface area (Å²) in [4.78, 5) is 14.4. The third-order valence-electron chi connectivity index (χ3n) is 2.05. The fraction of sp³-hybridized carbons (Fsp3) is 0.200. The van der Waals surface area contributed by atoms with E-state index in [9.17, 15) is 4.79 Å². The molecule has 0 spiro atoms. The summed E-state index contributed by atoms with van der Waals surface area (Å²) in [6.07, 6.45) is 4.90. The highest BCUT2D eigenvalue weighted by Gasteiger charge is 2.08. The molecule has 0 amide bonds. The molecule has 0 fully saturated rings. The highest BCUT2D eigenvalue weighted by Crippen LogP contribution is 2.19. The molecule has 2 aromatic rings. The first-order valence-corrected chi connectivity index (χ1v) is 4.53. The molecule has 0 saturated heterocycles. The first-order chi connectivity index (χ1) is 7.27. The number of aryl methyl sites for hydroxylation is 1. The van der Waals surface area contributed by atoms with Crippen molar-refractivity contribution in [1.29, 1.82) is 0 Å². The number of imidazole rings is 1. The molecule has 2 aromatic heterocycles. The molecule has 5 nitrogen and oxygen atoms in total. The van der Waals surface area contributed by atoms with Gasteiger partial charge in [-0.2, -0.15) is 0 Å². The van der Waals surface area contributed by atoms with Crippen molar-refractivity contribution < 1.29 is 14.3 Å². The van der Waals surface area contributed by atoms with Gasteiger partial charge >= 0.3 is 5.97 Å². The molecule has 0 bridgehead atoms. The minimum absolute atomic E-state index is 0.0735. The quantitative estimate of drug-likeness (QED) is 0.825. The van der Waals surface area contributed by atoms with Crippen molar-refractivity contribution in [3.8, 4) is 11.5 Å². The minimum Gasteiger partial charge on any atom is -0.481 e. The smallest absolute Gasteiger partial charge is 0.305 e. The Labute approximate surface area is 86.0 Å². The number of furan rings is 1. The van der Waals surface area contributed by atoms with Crippen molar-refractivity contribution >= 4 is 5.97 Å². The average molecular weight is 206 g/mol. The van der Waals surface area contributed by atoms with Crippen LogP contribution in [0.1, 0.15) is 6.42 Å². The van der Waals surface area contributed by atoms with Gasteiger partial charge in [-0.05, 0) is 12.1 Å². The molecular formula is C10H10N2O3. The van der Waals surface area contributed by atoms with E-state index in [2.05, 4.69) is 4.98 Å². The Bertz CT molecular complexity index is 445. The number of nitrogens with zero attached hydrogens (tertiary/aromatic N) is 2. The lowest BCUT2D eigenvalue weighted by Gasteiger charge is -2.03. The van der Waals surface area contributed by atoms with Crippen molar-refractivity contribution in [2.75, 3.05) is 0 Å². The molecule has 2 rings (SSSR count). The molecule has 2 heterocycles. The highest BCUT2D eigenvalue weighted by atomic mass is 16.4. The lowest BCUT2D eigenvalue weighted by atomic mass is 10.3. The second-order valence-electron chi connectivity index (χ2n) is 3.09. The Morgan fingerprint density at radius 3 is 3.13 bits per heavy atom. The maximum Gasteiger partial charge on any atom is 0.305 e. The fourth-order valence-corrected chi connectivity index (χ4v) is 1.34. The van der Waals surface area contributed by atoms with E-state index >= 15 is 0 Å². The lowest BCUT2D eigenvalue weighted by molar-refractivity contribution is -0.137. The number of carboxylic acids is 1. The molecule has 15 heavy (non-hydrogen) atoms. The van der Waals surface area contributed by atoms with Gasteiger partial charge in [0.05, 0.1) is 25.2 Å². The molecule has 0 aromatic carbocycles. The lowest BCUT2D eigenvalue weighted by Crippen LogP contribution is -2.04. The van der Waals surface area contributed by atoms with E-state index in [0.717, 1.165) is 5.69 Å². The van der Waals surface area contributed by atoms with E-state index in [-0.39, 0.29) is 6.42 Å². The standard InChI is InChI=1S/C10H10N2O3/c13-10(14)3-4-12-7-11-6-8(12)9-2-1-5-15-9/h1-2,5-7H,3-4H2,(H,13,14). The van der Waals surface area contributed by atoms with Gasteiger partial charge in [0.1, 0.15) is 5.69 Å². The second-order valence-corrected chi connectivity index (χ2v) is 3.09. The summed E-state index contributed by atoms with van der Waals surface area (Å²) in [5, 5.41) is 8.58. The highest BCUT2D eigenvalue weighted by molar-refractivity contribution is 5.66. The summed E-state index contributed by atoms with van der Waals surface area (Å²) in [5.74, 6) is -0.132. The molecular weight excluding hydrogens is 196 g/mol. The van der Waals surface area contributed by atoms with Crippen molar-refractivity contribution in [3.63, 3.8) is 0 Å². The van der Waals surface area contributed by atoms with Gasteiger partial charge in [0.15, 0.2) is 5.76 Å². The molecule has 0 atom stereocenters. The van der Waals surface area contributed by atoms with Crippen molar-refractivity contribution in [2.24, 2.45) is 0 Å². The van der Waals surface area contributed by atoms with Crippen LogP contribution in [0.25, 0.3) is 11.5 Å². The third-order valence-corrected chi connectivity index (χ3v) is 2.05. The van der Waals surface area contributed by atoms with Crippen LogP contribution in [0.2, 0.25) is 0 Å². The first kappa shape index (κ1) is 9.51. The van der Waals surface area contributed by atoms with Crippen LogP contribution in [0.5, 0.6) is 0 Å². The zero-order chi connectivity index (χ0) is 10.7. The van der Waals surface area contributed by atoms with Crippen molar-refractivity contribution in [2.45, 2.75) is 13.0 Å². The van der Waals surface area contributed by atoms with Crippen LogP contribution in [0, 0.1) is 0 Å². The summed E-state index contributed by atoms with van der Waals surface area (Å²) in [6.45, 7) is 0.394. The van der Waals surface area contributed by atoms with E-state index in [1.54, 1.807) is 29.4 Å². The van der Waals surface area contributed by atoms with Crippen LogP contribution in [-0.2, 0) is 11.3 Å². The van der Waals surface area contributed by atoms with Gasteiger partial charge in [-0.3, -0.25) is 4.79 Å². The van der Waals surface area contributed by atoms with E-state index in [4.69, 9.17) is 9.52 Å². The van der Waals surface area contributed by atoms with Gasteiger partial charge in [0, 0.05) is 6.54 Å². The Kier molecular flexibility index (Phi) is 2.53. The Morgan fingerprint density at radius 1 is 1.60 bits per heavy atom. The van der Waals surface area contributed by atoms with E-state index in [0.29, 0.717) is 12.3 Å². The SMILES string of the molecule is O=C(O)CCn1cncc1-c1ccco1. The van der Waals surface area contributed by atoms with Gasteiger partial charge in [0.2, 0.25) is 0 Å². The summed E-state index contributed by atoms with van der Waals surface area (Å²) < 4.78 is 6.97. The molecule has 0 saturated carbocycles. The third kappa shape index (κ3) is 2.07. The monoisotopic (exact) mass is 206 g/mol. The first-order valence-electron chi connectivity index (χ1n) is 4.53. The zero-order valence-corrected chi connectivity index (χ0v) is 7.96. The zero-order valence-electron chi connectivity index (χ0n) is 7.96. The number of aromatic nitrogens is 2. The summed E-state index contributed by atoms with van der Waals surface area (Å²) >= 11 is 0. The summed E-state index contributed by atoms with van der Waals surface area (Å²) in [7, 11) is 0. The fourth-order valence-electron chi connectivity index (χ4n) is 1.34.